The number of nitrogens with one attached hydrogen (secondary N) is 2. The fourth-order valence-corrected chi connectivity index (χ4v) is 4.61. The number of thioether (sulfide) groups is 1. The summed E-state index contributed by atoms with van der Waals surface area (Å²) in [6, 6.07) is 13.5. The highest BCUT2D eigenvalue weighted by molar-refractivity contribution is 9.10. The summed E-state index contributed by atoms with van der Waals surface area (Å²) < 4.78 is 2.89. The topological polar surface area (TPSA) is 71.1 Å². The molecule has 0 fully saturated rings. The number of fused-ring (bicyclic) bond motifs is 1. The van der Waals surface area contributed by atoms with Gasteiger partial charge in [-0.25, -0.2) is 4.98 Å². The lowest BCUT2D eigenvalue weighted by molar-refractivity contribution is -0.122. The molecule has 2 amide bonds. The fourth-order valence-electron chi connectivity index (χ4n) is 2.23. The predicted octanol–water partition coefficient (Wildman–Crippen LogP) is 4.21. The molecule has 1 aromatic heterocycles. The van der Waals surface area contributed by atoms with Gasteiger partial charge < -0.3 is 10.6 Å². The van der Waals surface area contributed by atoms with Crippen LogP contribution in [0.1, 0.15) is 5.56 Å². The van der Waals surface area contributed by atoms with E-state index in [9.17, 15) is 9.59 Å². The van der Waals surface area contributed by atoms with Crippen LogP contribution in [-0.2, 0) is 9.59 Å². The third-order valence-electron chi connectivity index (χ3n) is 3.51. The molecule has 8 heteroatoms. The van der Waals surface area contributed by atoms with Crippen LogP contribution in [0.15, 0.2) is 51.3 Å². The SMILES string of the molecule is Cc1cc(Br)ccc1NC(=O)CNC(=O)CSc1nc2ccccc2s1. The number of thiazole rings is 1. The van der Waals surface area contributed by atoms with Crippen molar-refractivity contribution in [1.82, 2.24) is 10.3 Å². The summed E-state index contributed by atoms with van der Waals surface area (Å²) in [6.07, 6.45) is 0. The maximum Gasteiger partial charge on any atom is 0.243 e. The molecule has 0 bridgehead atoms. The molecule has 3 aromatic rings. The van der Waals surface area contributed by atoms with E-state index in [2.05, 4.69) is 31.5 Å². The van der Waals surface area contributed by atoms with Gasteiger partial charge in [0.05, 0.1) is 22.5 Å². The van der Waals surface area contributed by atoms with Gasteiger partial charge in [0, 0.05) is 10.2 Å². The minimum atomic E-state index is -0.256. The smallest absolute Gasteiger partial charge is 0.243 e. The van der Waals surface area contributed by atoms with Crippen molar-refractivity contribution in [2.24, 2.45) is 0 Å². The normalized spacial score (nSPS) is 10.7. The van der Waals surface area contributed by atoms with Crippen molar-refractivity contribution in [3.05, 3.63) is 52.5 Å². The average molecular weight is 450 g/mol. The average Bonchev–Trinajstić information content (AvgIpc) is 3.03. The lowest BCUT2D eigenvalue weighted by Gasteiger charge is -2.09. The highest BCUT2D eigenvalue weighted by Crippen LogP contribution is 2.29. The molecule has 0 radical (unpaired) electrons. The highest BCUT2D eigenvalue weighted by atomic mass is 79.9. The van der Waals surface area contributed by atoms with Crippen LogP contribution in [-0.4, -0.2) is 29.1 Å². The lowest BCUT2D eigenvalue weighted by Crippen LogP contribution is -2.34. The van der Waals surface area contributed by atoms with Gasteiger partial charge in [0.15, 0.2) is 4.34 Å². The summed E-state index contributed by atoms with van der Waals surface area (Å²) in [7, 11) is 0. The molecule has 0 aliphatic heterocycles. The molecule has 0 saturated heterocycles. The number of anilines is 1. The zero-order chi connectivity index (χ0) is 18.5. The van der Waals surface area contributed by atoms with Crippen molar-refractivity contribution in [3.63, 3.8) is 0 Å². The number of carbonyl (C=O) groups excluding carboxylic acids is 2. The van der Waals surface area contributed by atoms with E-state index >= 15 is 0 Å². The maximum atomic E-state index is 12.0. The Kier molecular flexibility index (Phi) is 6.29. The summed E-state index contributed by atoms with van der Waals surface area (Å²) >= 11 is 6.31. The molecule has 1 heterocycles. The van der Waals surface area contributed by atoms with Crippen LogP contribution in [0.25, 0.3) is 10.2 Å². The number of nitrogens with zero attached hydrogens (tertiary/aromatic N) is 1. The highest BCUT2D eigenvalue weighted by Gasteiger charge is 2.10. The van der Waals surface area contributed by atoms with Crippen molar-refractivity contribution >= 4 is 66.7 Å². The van der Waals surface area contributed by atoms with Crippen molar-refractivity contribution < 1.29 is 9.59 Å². The molecule has 0 aliphatic carbocycles. The van der Waals surface area contributed by atoms with Crippen LogP contribution in [0.5, 0.6) is 0 Å². The van der Waals surface area contributed by atoms with Gasteiger partial charge in [-0.05, 0) is 42.8 Å². The van der Waals surface area contributed by atoms with E-state index in [4.69, 9.17) is 0 Å². The second-order valence-electron chi connectivity index (χ2n) is 5.52. The van der Waals surface area contributed by atoms with E-state index in [1.807, 2.05) is 49.4 Å². The van der Waals surface area contributed by atoms with Crippen molar-refractivity contribution in [1.29, 1.82) is 0 Å². The molecule has 134 valence electrons. The number of halogens is 1. The van der Waals surface area contributed by atoms with Gasteiger partial charge in [-0.2, -0.15) is 0 Å². The summed E-state index contributed by atoms with van der Waals surface area (Å²) in [5, 5.41) is 5.43. The van der Waals surface area contributed by atoms with Crippen LogP contribution in [0.2, 0.25) is 0 Å². The van der Waals surface area contributed by atoms with Gasteiger partial charge in [-0.1, -0.05) is 39.8 Å². The molecular weight excluding hydrogens is 434 g/mol. The van der Waals surface area contributed by atoms with E-state index in [1.54, 1.807) is 11.3 Å². The summed E-state index contributed by atoms with van der Waals surface area (Å²) in [5.41, 5.74) is 2.62. The molecule has 0 saturated carbocycles. The Labute approximate surface area is 167 Å². The number of benzene rings is 2. The first-order chi connectivity index (χ1) is 12.5. The Bertz CT molecular complexity index is 926. The van der Waals surface area contributed by atoms with Gasteiger partial charge in [-0.3, -0.25) is 9.59 Å². The van der Waals surface area contributed by atoms with E-state index in [0.29, 0.717) is 0 Å². The quantitative estimate of drug-likeness (QED) is 0.552. The van der Waals surface area contributed by atoms with Gasteiger partial charge in [0.25, 0.3) is 0 Å². The van der Waals surface area contributed by atoms with E-state index < -0.39 is 0 Å². The number of hydrogen-bond donors (Lipinski definition) is 2. The van der Waals surface area contributed by atoms with E-state index in [-0.39, 0.29) is 24.1 Å². The van der Waals surface area contributed by atoms with Gasteiger partial charge in [0.2, 0.25) is 11.8 Å². The van der Waals surface area contributed by atoms with Crippen molar-refractivity contribution in [3.8, 4) is 0 Å². The standard InChI is InChI=1S/C18H16BrN3O2S2/c1-11-8-12(19)6-7-13(11)21-16(23)9-20-17(24)10-25-18-22-14-4-2-3-5-15(14)26-18/h2-8H,9-10H2,1H3,(H,20,24)(H,21,23). The van der Waals surface area contributed by atoms with Crippen LogP contribution in [0.3, 0.4) is 0 Å². The third kappa shape index (κ3) is 5.06. The number of hydrogen-bond acceptors (Lipinski definition) is 5. The number of rotatable bonds is 6. The van der Waals surface area contributed by atoms with Gasteiger partial charge in [0.1, 0.15) is 0 Å². The number of amides is 2. The lowest BCUT2D eigenvalue weighted by atomic mass is 10.2. The number of para-hydroxylation sites is 1. The van der Waals surface area contributed by atoms with E-state index in [1.165, 1.54) is 11.8 Å². The largest absolute Gasteiger partial charge is 0.346 e. The van der Waals surface area contributed by atoms with Crippen LogP contribution < -0.4 is 10.6 Å². The Morgan fingerprint density at radius 3 is 2.77 bits per heavy atom. The predicted molar refractivity (Wildman–Crippen MR) is 111 cm³/mol. The summed E-state index contributed by atoms with van der Waals surface area (Å²) in [6.45, 7) is 1.85. The first-order valence-corrected chi connectivity index (χ1v) is 10.4. The molecule has 26 heavy (non-hydrogen) atoms. The van der Waals surface area contributed by atoms with Gasteiger partial charge >= 0.3 is 0 Å². The summed E-state index contributed by atoms with van der Waals surface area (Å²) in [4.78, 5) is 28.4. The van der Waals surface area contributed by atoms with Crippen molar-refractivity contribution in [2.75, 3.05) is 17.6 Å². The van der Waals surface area contributed by atoms with Crippen LogP contribution in [0.4, 0.5) is 5.69 Å². The maximum absolute atomic E-state index is 12.0. The first-order valence-electron chi connectivity index (χ1n) is 7.82. The molecule has 3 rings (SSSR count). The second-order valence-corrected chi connectivity index (χ2v) is 8.69. The summed E-state index contributed by atoms with van der Waals surface area (Å²) in [5.74, 6) is -0.226. The number of aryl methyl sites for hydroxylation is 1. The minimum absolute atomic E-state index is 0.0608. The molecule has 0 atom stereocenters. The first kappa shape index (κ1) is 18.9. The molecule has 2 aromatic carbocycles. The molecule has 0 aliphatic rings. The van der Waals surface area contributed by atoms with Gasteiger partial charge in [-0.15, -0.1) is 11.3 Å². The molecule has 0 unspecified atom stereocenters. The molecule has 5 nitrogen and oxygen atoms in total. The molecule has 0 spiro atoms. The Morgan fingerprint density at radius 1 is 1.19 bits per heavy atom. The minimum Gasteiger partial charge on any atom is -0.346 e. The van der Waals surface area contributed by atoms with E-state index in [0.717, 1.165) is 30.3 Å². The van der Waals surface area contributed by atoms with Crippen LogP contribution in [0, 0.1) is 6.92 Å². The monoisotopic (exact) mass is 449 g/mol. The van der Waals surface area contributed by atoms with Crippen molar-refractivity contribution in [2.45, 2.75) is 11.3 Å². The Morgan fingerprint density at radius 2 is 2.00 bits per heavy atom. The fraction of sp³-hybridized carbons (Fsp3) is 0.167. The number of aromatic nitrogens is 1. The number of carbonyl (C=O) groups is 2. The zero-order valence-electron chi connectivity index (χ0n) is 13.9. The Hall–Kier alpha value is -1.90. The zero-order valence-corrected chi connectivity index (χ0v) is 17.1. The third-order valence-corrected chi connectivity index (χ3v) is 6.18. The Balaban J connectivity index is 1.45. The van der Waals surface area contributed by atoms with Crippen LogP contribution >= 0.6 is 39.0 Å². The second kappa shape index (κ2) is 8.66. The molecule has 2 N–H and O–H groups in total. The molecular formula is C18H16BrN3O2S2.